The van der Waals surface area contributed by atoms with Gasteiger partial charge in [-0.2, -0.15) is 4.99 Å². The third-order valence-corrected chi connectivity index (χ3v) is 10.4. The van der Waals surface area contributed by atoms with E-state index in [9.17, 15) is 0 Å². The minimum atomic E-state index is -1.03. The van der Waals surface area contributed by atoms with Gasteiger partial charge in [-0.05, 0) is 11.1 Å². The van der Waals surface area contributed by atoms with Crippen LogP contribution in [0.25, 0.3) is 21.5 Å². The summed E-state index contributed by atoms with van der Waals surface area (Å²) in [5.74, 6) is 3.97. The van der Waals surface area contributed by atoms with Crippen molar-refractivity contribution < 1.29 is 1910 Å². The van der Waals surface area contributed by atoms with Gasteiger partial charge in [0.2, 0.25) is 11.7 Å². The summed E-state index contributed by atoms with van der Waals surface area (Å²) in [5, 5.41) is 4.02. The molecule has 12 rings (SSSR count). The molecule has 0 saturated heterocycles. The Bertz CT molecular complexity index is 2960. The van der Waals surface area contributed by atoms with Crippen LogP contribution in [0, 0.1) is 52.0 Å². The number of nitrogens with zero attached hydrogens (tertiary/aromatic N) is 8. The van der Waals surface area contributed by atoms with Gasteiger partial charge in [-0.25, -0.2) is 14.1 Å². The fourth-order valence-electron chi connectivity index (χ4n) is 8.55. The van der Waals surface area contributed by atoms with Crippen molar-refractivity contribution >= 4 is 56.5 Å². The fraction of sp³-hybridized carbons (Fsp3) is 0.289. The number of aromatic nitrogens is 2. The van der Waals surface area contributed by atoms with Gasteiger partial charge < -0.3 is 0 Å². The van der Waals surface area contributed by atoms with Crippen molar-refractivity contribution in [1.82, 2.24) is 9.13 Å². The molecule has 0 bridgehead atoms. The zero-order valence-corrected chi connectivity index (χ0v) is 231. The van der Waals surface area contributed by atoms with Gasteiger partial charge >= 0.3 is 5.91 Å². The van der Waals surface area contributed by atoms with E-state index in [2.05, 4.69) is 94.5 Å². The molecule has 2 aromatic heterocycles. The van der Waals surface area contributed by atoms with E-state index >= 15 is 0 Å². The quantitative estimate of drug-likeness (QED) is 0.109. The molecule has 0 amide bonds. The van der Waals surface area contributed by atoms with E-state index in [1.807, 2.05) is 79.7 Å². The van der Waals surface area contributed by atoms with E-state index in [4.69, 9.17) is 20.0 Å². The number of rotatable bonds is 0. The molecule has 0 N–H and O–H groups in total. The van der Waals surface area contributed by atoms with E-state index in [-0.39, 0.29) is 1900 Å². The Hall–Kier alpha value is 58.3. The maximum absolute atomic E-state index is 5.52. The molecule has 1 unspecified atom stereocenters. The van der Waals surface area contributed by atoms with Crippen LogP contribution in [0.5, 0.6) is 0 Å². The first-order chi connectivity index (χ1) is 26.0. The summed E-state index contributed by atoms with van der Waals surface area (Å²) in [4.78, 5) is 22.0. The van der Waals surface area contributed by atoms with Crippen LogP contribution < -0.4 is 11.0 Å². The van der Waals surface area contributed by atoms with Crippen LogP contribution in [-0.2, 0) is 1900 Å². The van der Waals surface area contributed by atoms with E-state index in [0.717, 1.165) is 112 Å². The Morgan fingerprint density at radius 2 is 0.514 bits per heavy atom. The SMILES string of the molecule is CC.CC.CC.CC.Cc1cc[c-]c2c1C1=Nc3c4[c-]ccc(C)c4c4n3C35n6c(c7[c-]ccc(C)c7c6=N4)=NC4=[N+]3C(=NC2=[N+]15)c1[c-]ccc(C)c14.[Y].[Y].[Y].[Y].[Y].[Y].[Y].[Y].[Y].[Y].[Y].[Y].[Y].[Y].[Y].[Y].[Y].[Y].[Y].[Y].[Y].[Y].[Y].[Y].[Y].[Y].[Y].[Y].[Y].[Y].[Y].[Y].[Y].[Y].[Y].[Y].[Y].[Y].[Y].[Y].[Y].[Y].[Y].[Y].[Y].[Y].[Y].[Y].[Y].[Y].[Y].[Y].[Y].[Y].[Y].[Y].[Y].[Y]. The van der Waals surface area contributed by atoms with Crippen molar-refractivity contribution in [3.63, 3.8) is 0 Å². The van der Waals surface area contributed by atoms with E-state index < -0.39 is 5.91 Å². The average molecular weight is 5850 g/mol. The maximum atomic E-state index is 5.52. The van der Waals surface area contributed by atoms with Gasteiger partial charge in [-0.1, -0.05) is 116 Å². The number of aryl methyl sites for hydroxylation is 4. The number of benzene rings is 4. The third-order valence-electron chi connectivity index (χ3n) is 10.4. The number of amidine groups is 4. The van der Waals surface area contributed by atoms with Gasteiger partial charge in [0.05, 0.1) is 11.3 Å². The zero-order chi connectivity index (χ0) is 37.7. The van der Waals surface area contributed by atoms with Gasteiger partial charge in [0, 0.05) is 1900 Å². The number of hydrogen-bond donors (Lipinski definition) is 0. The molecule has 4 aromatic carbocycles. The number of fused-ring (bicyclic) bond motifs is 12. The Balaban J connectivity index is -0.0000000108. The van der Waals surface area contributed by atoms with Crippen LogP contribution in [0.1, 0.15) is 99.9 Å². The molecular weight excluding hydrogens is 5810 g/mol. The molecule has 6 aliphatic heterocycles. The topological polar surface area (TPSA) is 65.3 Å². The van der Waals surface area contributed by atoms with Crippen molar-refractivity contribution in [1.29, 1.82) is 0 Å². The van der Waals surface area contributed by atoms with Crippen LogP contribution in [0.4, 0.5) is 11.6 Å². The van der Waals surface area contributed by atoms with Crippen LogP contribution in [0.15, 0.2) is 68.5 Å². The summed E-state index contributed by atoms with van der Waals surface area (Å²) >= 11 is 0. The molecule has 0 aliphatic carbocycles. The summed E-state index contributed by atoms with van der Waals surface area (Å²) in [6.07, 6.45) is 0. The summed E-state index contributed by atoms with van der Waals surface area (Å²) in [6.45, 7) is 24.6. The van der Waals surface area contributed by atoms with Crippen LogP contribution in [0.2, 0.25) is 0 Å². The molecule has 1 spiro atoms. The van der Waals surface area contributed by atoms with Gasteiger partial charge in [-0.15, -0.1) is 105 Å². The molecule has 440 valence electrons. The first-order valence-corrected chi connectivity index (χ1v) is 19.1. The minimum absolute atomic E-state index is 0. The van der Waals surface area contributed by atoms with Crippen LogP contribution in [-0.4, -0.2) is 41.6 Å². The molecule has 6 aliphatic rings. The fourth-order valence-corrected chi connectivity index (χ4v) is 8.55. The Labute approximate surface area is 2130 Å². The van der Waals surface area contributed by atoms with Gasteiger partial charge in [0.25, 0.3) is 0 Å². The maximum Gasteiger partial charge on any atom is 0.367 e. The first-order valence-electron chi connectivity index (χ1n) is 19.1. The molecule has 0 saturated carbocycles. The second kappa shape index (κ2) is 203. The van der Waals surface area contributed by atoms with Crippen molar-refractivity contribution in [2.24, 2.45) is 20.0 Å². The second-order valence-electron chi connectivity index (χ2n) is 12.6. The Morgan fingerprint density at radius 3 is 0.847 bits per heavy atom. The summed E-state index contributed by atoms with van der Waals surface area (Å²) in [5.41, 5.74) is 10.2. The molecule has 0 fully saturated rings. The van der Waals surface area contributed by atoms with Crippen molar-refractivity contribution in [3.05, 3.63) is 128 Å². The standard InChI is InChI=1S/C37H20N8.4C2H6.58Y/c1-17-9-5-13-21-25(17)33-39-31-23-15-7-11-19(3)27(23)35-41-36-28-20(4)12-8-16-24(28)32-40-34-26-18(2)10-6-14-22(26)30-38-29(21)42(33)37(43(30)34,44(31)35)45(32)36;4*1-2;;;;;;;;;;;;;;;;;;;;;;;;;;;;;;;;;;;;;;;;;;;;;;;;;;;;;;;;;;/h5-12H,1-4H3;4*1-2H3;;;;;;;;;;;;;;;;;;;;;;;;;;;;;;;;;;;;;;;;;;;;;;;;;;;;;;;;;;/q-2;;;;;;;;;;;;;;;;;;;;;;;;;;;;;;;;;;;;;;;;;;;;;;;;;;;;;;;;;;;;;;. The van der Waals surface area contributed by atoms with E-state index in [0.29, 0.717) is 0 Å². The van der Waals surface area contributed by atoms with Gasteiger partial charge in [0.1, 0.15) is 11.3 Å². The minimum Gasteiger partial charge on any atom is -0.259 e. The smallest absolute Gasteiger partial charge is 0.259 e. The predicted molar refractivity (Wildman–Crippen MR) is 213 cm³/mol. The average Bonchev–Trinajstić information content (AvgIpc) is 3.92. The Morgan fingerprint density at radius 1 is 0.243 bits per heavy atom. The summed E-state index contributed by atoms with van der Waals surface area (Å²) in [6, 6.07) is 30.7. The second-order valence-corrected chi connectivity index (χ2v) is 12.6. The predicted octanol–water partition coefficient (Wildman–Crippen LogP) is 8.10. The Kier molecular flexibility index (Phi) is 627. The van der Waals surface area contributed by atoms with E-state index in [1.165, 1.54) is 0 Å². The molecule has 6 aromatic rings. The molecule has 8 heterocycles. The van der Waals surface area contributed by atoms with E-state index in [1.54, 1.807) is 0 Å². The number of hydrogen-bond acceptors (Lipinski definition) is 4. The third kappa shape index (κ3) is 97.6. The summed E-state index contributed by atoms with van der Waals surface area (Å²) < 4.78 is 9.23. The van der Waals surface area contributed by atoms with Crippen molar-refractivity contribution in [2.45, 2.75) is 89.0 Å². The largest absolute Gasteiger partial charge is 0.367 e. The van der Waals surface area contributed by atoms with Crippen molar-refractivity contribution in [2.75, 3.05) is 0 Å². The van der Waals surface area contributed by atoms with Crippen LogP contribution in [0.3, 0.4) is 0 Å². The van der Waals surface area contributed by atoms with Gasteiger partial charge in [0.15, 0.2) is 11.7 Å². The first kappa shape index (κ1) is 343. The molecule has 111 heavy (non-hydrogen) atoms. The van der Waals surface area contributed by atoms with Gasteiger partial charge in [-0.3, -0.25) is 9.13 Å². The summed E-state index contributed by atoms with van der Waals surface area (Å²) in [7, 11) is 0. The normalized spacial score (nSPS) is 8.36. The van der Waals surface area contributed by atoms with Crippen molar-refractivity contribution in [3.8, 4) is 0 Å². The monoisotopic (exact) mass is 5850 g/mol. The molecule has 8 nitrogen and oxygen atoms in total. The van der Waals surface area contributed by atoms with Crippen LogP contribution >= 0.6 is 0 Å². The zero-order valence-electron chi connectivity index (χ0n) is 66.2. The molecule has 58 radical (unpaired) electrons. The number of aliphatic imine (C=N–C) groups is 2. The molecule has 66 heteroatoms. The molecular formula is C45H44N8Y58-2. The molecule has 1 atom stereocenters.